The van der Waals surface area contributed by atoms with E-state index in [-0.39, 0.29) is 0 Å². The highest BCUT2D eigenvalue weighted by Crippen LogP contribution is 2.55. The molecule has 0 amide bonds. The Labute approximate surface area is 82.3 Å². The van der Waals surface area contributed by atoms with Gasteiger partial charge in [0.1, 0.15) is 5.60 Å². The summed E-state index contributed by atoms with van der Waals surface area (Å²) >= 11 is 0. The summed E-state index contributed by atoms with van der Waals surface area (Å²) < 4.78 is 5.34. The number of epoxide rings is 1. The summed E-state index contributed by atoms with van der Waals surface area (Å²) in [5, 5.41) is 9.17. The molecule has 0 bridgehead atoms. The molecule has 3 heteroatoms. The molecule has 1 atom stereocenters. The van der Waals surface area contributed by atoms with Crippen molar-refractivity contribution in [2.45, 2.75) is 25.0 Å². The van der Waals surface area contributed by atoms with Gasteiger partial charge in [-0.15, -0.1) is 0 Å². The number of rotatable bonds is 2. The van der Waals surface area contributed by atoms with Crippen molar-refractivity contribution in [2.24, 2.45) is 0 Å². The van der Waals surface area contributed by atoms with Crippen LogP contribution in [0.3, 0.4) is 0 Å². The van der Waals surface area contributed by atoms with Crippen LogP contribution in [0.15, 0.2) is 30.3 Å². The Morgan fingerprint density at radius 1 is 1.29 bits per heavy atom. The summed E-state index contributed by atoms with van der Waals surface area (Å²) in [5.41, 5.74) is -1.05. The zero-order valence-electron chi connectivity index (χ0n) is 8.15. The highest BCUT2D eigenvalue weighted by molar-refractivity contribution is 5.84. The second kappa shape index (κ2) is 2.58. The molecular formula is C11H12O3. The number of carboxylic acid groups (broad SMARTS) is 1. The highest BCUT2D eigenvalue weighted by atomic mass is 16.6. The van der Waals surface area contributed by atoms with Gasteiger partial charge in [0.15, 0.2) is 0 Å². The predicted octanol–water partition coefficient (Wildman–Crippen LogP) is 1.78. The Morgan fingerprint density at radius 2 is 1.79 bits per heavy atom. The van der Waals surface area contributed by atoms with E-state index in [0.29, 0.717) is 5.56 Å². The molecule has 1 fully saturated rings. The van der Waals surface area contributed by atoms with Crippen LogP contribution in [0.1, 0.15) is 19.4 Å². The smallest absolute Gasteiger partial charge is 0.343 e. The van der Waals surface area contributed by atoms with Crippen LogP contribution in [-0.2, 0) is 15.1 Å². The van der Waals surface area contributed by atoms with E-state index < -0.39 is 17.2 Å². The molecule has 1 aromatic rings. The average molecular weight is 192 g/mol. The van der Waals surface area contributed by atoms with Gasteiger partial charge in [-0.1, -0.05) is 30.3 Å². The van der Waals surface area contributed by atoms with E-state index in [2.05, 4.69) is 0 Å². The summed E-state index contributed by atoms with van der Waals surface area (Å²) in [6.07, 6.45) is 0. The van der Waals surface area contributed by atoms with E-state index in [1.807, 2.05) is 18.2 Å². The molecule has 0 saturated carbocycles. The van der Waals surface area contributed by atoms with Crippen molar-refractivity contribution in [2.75, 3.05) is 0 Å². The van der Waals surface area contributed by atoms with E-state index in [9.17, 15) is 4.79 Å². The summed E-state index contributed by atoms with van der Waals surface area (Å²) in [5.74, 6) is -0.922. The SMILES string of the molecule is CC1(C)O[C@]1(C(=O)O)c1ccccc1. The van der Waals surface area contributed by atoms with Gasteiger partial charge in [0.25, 0.3) is 0 Å². The van der Waals surface area contributed by atoms with Gasteiger partial charge in [-0.3, -0.25) is 0 Å². The molecule has 74 valence electrons. The largest absolute Gasteiger partial charge is 0.479 e. The van der Waals surface area contributed by atoms with Crippen molar-refractivity contribution in [1.29, 1.82) is 0 Å². The Bertz CT molecular complexity index is 369. The van der Waals surface area contributed by atoms with Gasteiger partial charge in [-0.25, -0.2) is 4.79 Å². The van der Waals surface area contributed by atoms with E-state index >= 15 is 0 Å². The van der Waals surface area contributed by atoms with Crippen LogP contribution in [0, 0.1) is 0 Å². The number of benzene rings is 1. The molecule has 0 aromatic heterocycles. The van der Waals surface area contributed by atoms with Crippen LogP contribution in [0.2, 0.25) is 0 Å². The molecule has 1 aliphatic heterocycles. The average Bonchev–Trinajstić information content (AvgIpc) is 2.72. The molecule has 0 aliphatic carbocycles. The van der Waals surface area contributed by atoms with Crippen molar-refractivity contribution in [3.63, 3.8) is 0 Å². The quantitative estimate of drug-likeness (QED) is 0.726. The van der Waals surface area contributed by atoms with Gasteiger partial charge in [-0.2, -0.15) is 0 Å². The summed E-state index contributed by atoms with van der Waals surface area (Å²) in [7, 11) is 0. The molecule has 1 N–H and O–H groups in total. The maximum Gasteiger partial charge on any atom is 0.343 e. The number of carbonyl (C=O) groups is 1. The first-order valence-electron chi connectivity index (χ1n) is 4.50. The fourth-order valence-electron chi connectivity index (χ4n) is 1.86. The van der Waals surface area contributed by atoms with Crippen molar-refractivity contribution in [3.8, 4) is 0 Å². The summed E-state index contributed by atoms with van der Waals surface area (Å²) in [6, 6.07) is 9.05. The lowest BCUT2D eigenvalue weighted by atomic mass is 9.88. The Hall–Kier alpha value is -1.35. The van der Waals surface area contributed by atoms with Gasteiger partial charge in [0.05, 0.1) is 0 Å². The van der Waals surface area contributed by atoms with Gasteiger partial charge >= 0.3 is 5.97 Å². The molecule has 0 radical (unpaired) electrons. The molecule has 3 nitrogen and oxygen atoms in total. The molecule has 1 aromatic carbocycles. The molecule has 1 heterocycles. The number of ether oxygens (including phenoxy) is 1. The predicted molar refractivity (Wildman–Crippen MR) is 50.9 cm³/mol. The molecule has 14 heavy (non-hydrogen) atoms. The second-order valence-electron chi connectivity index (χ2n) is 3.96. The minimum absolute atomic E-state index is 0.611. The molecular weight excluding hydrogens is 180 g/mol. The maximum absolute atomic E-state index is 11.2. The molecule has 2 rings (SSSR count). The van der Waals surface area contributed by atoms with E-state index in [4.69, 9.17) is 9.84 Å². The van der Waals surface area contributed by atoms with Crippen molar-refractivity contribution in [3.05, 3.63) is 35.9 Å². The van der Waals surface area contributed by atoms with Crippen LogP contribution in [-0.4, -0.2) is 16.7 Å². The van der Waals surface area contributed by atoms with Crippen LogP contribution in [0.25, 0.3) is 0 Å². The van der Waals surface area contributed by atoms with Gasteiger partial charge in [0.2, 0.25) is 5.60 Å². The zero-order valence-corrected chi connectivity index (χ0v) is 8.15. The monoisotopic (exact) mass is 192 g/mol. The third kappa shape index (κ3) is 0.990. The second-order valence-corrected chi connectivity index (χ2v) is 3.96. The molecule has 1 saturated heterocycles. The number of hydrogen-bond donors (Lipinski definition) is 1. The summed E-state index contributed by atoms with van der Waals surface area (Å²) in [6.45, 7) is 3.57. The normalized spacial score (nSPS) is 28.4. The van der Waals surface area contributed by atoms with E-state index in [1.165, 1.54) is 0 Å². The highest BCUT2D eigenvalue weighted by Gasteiger charge is 2.70. The van der Waals surface area contributed by atoms with Crippen molar-refractivity contribution in [1.82, 2.24) is 0 Å². The number of aliphatic carboxylic acids is 1. The lowest BCUT2D eigenvalue weighted by Crippen LogP contribution is -2.28. The first kappa shape index (κ1) is 9.21. The Kier molecular flexibility index (Phi) is 1.70. The standard InChI is InChI=1S/C11H12O3/c1-10(2)11(14-10,9(12)13)8-6-4-3-5-7-8/h3-7H,1-2H3,(H,12,13)/t11-/m0/s1. The number of carboxylic acids is 1. The van der Waals surface area contributed by atoms with E-state index in [1.54, 1.807) is 26.0 Å². The Morgan fingerprint density at radius 3 is 2.14 bits per heavy atom. The minimum Gasteiger partial charge on any atom is -0.479 e. The van der Waals surface area contributed by atoms with Crippen LogP contribution in [0.5, 0.6) is 0 Å². The molecule has 0 unspecified atom stereocenters. The lowest BCUT2D eigenvalue weighted by Gasteiger charge is -2.09. The van der Waals surface area contributed by atoms with Crippen LogP contribution >= 0.6 is 0 Å². The molecule has 0 spiro atoms. The fraction of sp³-hybridized carbons (Fsp3) is 0.364. The lowest BCUT2D eigenvalue weighted by molar-refractivity contribution is -0.143. The zero-order chi connectivity index (χ0) is 10.4. The first-order chi connectivity index (χ1) is 6.51. The summed E-state index contributed by atoms with van der Waals surface area (Å²) in [4.78, 5) is 11.2. The number of hydrogen-bond acceptors (Lipinski definition) is 2. The van der Waals surface area contributed by atoms with Gasteiger partial charge in [-0.05, 0) is 19.4 Å². The van der Waals surface area contributed by atoms with Gasteiger partial charge in [0, 0.05) is 0 Å². The van der Waals surface area contributed by atoms with E-state index in [0.717, 1.165) is 0 Å². The van der Waals surface area contributed by atoms with Crippen LogP contribution in [0.4, 0.5) is 0 Å². The third-order valence-corrected chi connectivity index (χ3v) is 2.70. The van der Waals surface area contributed by atoms with Gasteiger partial charge < -0.3 is 9.84 Å². The van der Waals surface area contributed by atoms with Crippen molar-refractivity contribution < 1.29 is 14.6 Å². The fourth-order valence-corrected chi connectivity index (χ4v) is 1.86. The van der Waals surface area contributed by atoms with Crippen LogP contribution < -0.4 is 0 Å². The first-order valence-corrected chi connectivity index (χ1v) is 4.50. The maximum atomic E-state index is 11.2. The topological polar surface area (TPSA) is 49.8 Å². The minimum atomic E-state index is -1.14. The molecule has 1 aliphatic rings. The Balaban J connectivity index is 2.47. The third-order valence-electron chi connectivity index (χ3n) is 2.70. The van der Waals surface area contributed by atoms with Crippen molar-refractivity contribution >= 4 is 5.97 Å².